The molecule has 0 spiro atoms. The van der Waals surface area contributed by atoms with E-state index in [1.807, 2.05) is 13.8 Å². The van der Waals surface area contributed by atoms with Crippen LogP contribution in [0.1, 0.15) is 65.5 Å². The monoisotopic (exact) mass is 544 g/mol. The van der Waals surface area contributed by atoms with E-state index in [9.17, 15) is 24.2 Å². The summed E-state index contributed by atoms with van der Waals surface area (Å²) >= 11 is 0. The van der Waals surface area contributed by atoms with E-state index in [4.69, 9.17) is 10.4 Å². The van der Waals surface area contributed by atoms with Crippen molar-refractivity contribution in [1.82, 2.24) is 15.1 Å². The maximum absolute atomic E-state index is 13.6. The summed E-state index contributed by atoms with van der Waals surface area (Å²) < 4.78 is 15.1. The fourth-order valence-corrected chi connectivity index (χ4v) is 3.98. The number of carboxylic acids is 1. The van der Waals surface area contributed by atoms with E-state index in [1.165, 1.54) is 35.0 Å². The van der Waals surface area contributed by atoms with Crippen molar-refractivity contribution in [2.75, 3.05) is 0 Å². The van der Waals surface area contributed by atoms with Crippen molar-refractivity contribution in [1.29, 1.82) is 5.26 Å². The van der Waals surface area contributed by atoms with E-state index in [-0.39, 0.29) is 54.1 Å². The first-order valence-electron chi connectivity index (χ1n) is 12.0. The first-order valence-corrected chi connectivity index (χ1v) is 12.0. The topological polar surface area (TPSA) is 148 Å². The Morgan fingerprint density at radius 1 is 1.18 bits per heavy atom. The van der Waals surface area contributed by atoms with Crippen LogP contribution in [0.5, 0.6) is 0 Å². The third-order valence-corrected chi connectivity index (χ3v) is 5.73. The number of hydrogen-bond acceptors (Lipinski definition) is 6. The van der Waals surface area contributed by atoms with Crippen LogP contribution in [-0.4, -0.2) is 78.7 Å². The van der Waals surface area contributed by atoms with Gasteiger partial charge in [0.1, 0.15) is 5.82 Å². The number of nitriles is 1. The number of halogens is 1. The van der Waals surface area contributed by atoms with Gasteiger partial charge in [0.2, 0.25) is 0 Å². The number of rotatable bonds is 11. The van der Waals surface area contributed by atoms with Gasteiger partial charge in [0.15, 0.2) is 5.69 Å². The van der Waals surface area contributed by atoms with Gasteiger partial charge in [0.25, 0.3) is 5.91 Å². The SMILES string of the molecule is CC(C)c1c(C(=O)NCc2cccc(C#N)c2)nn(-c2ccc(F)cc2)c1/C=C/[C@H](O)C[C@@H](O)CC(=O)O.[NaH]. The molecule has 2 atom stereocenters. The molecule has 0 saturated heterocycles. The van der Waals surface area contributed by atoms with Crippen molar-refractivity contribution >= 4 is 47.5 Å². The summed E-state index contributed by atoms with van der Waals surface area (Å²) in [5, 5.41) is 45.5. The molecular weight excluding hydrogens is 514 g/mol. The van der Waals surface area contributed by atoms with Crippen LogP contribution in [0.2, 0.25) is 0 Å². The second-order valence-electron chi connectivity index (χ2n) is 9.10. The number of aromatic nitrogens is 2. The maximum atomic E-state index is 13.6. The number of aliphatic hydroxyl groups excluding tert-OH is 2. The molecule has 0 saturated carbocycles. The van der Waals surface area contributed by atoms with Gasteiger partial charge in [0, 0.05) is 18.5 Å². The Morgan fingerprint density at radius 2 is 1.87 bits per heavy atom. The van der Waals surface area contributed by atoms with Crippen LogP contribution < -0.4 is 5.32 Å². The predicted molar refractivity (Wildman–Crippen MR) is 145 cm³/mol. The van der Waals surface area contributed by atoms with Crippen LogP contribution >= 0.6 is 0 Å². The summed E-state index contributed by atoms with van der Waals surface area (Å²) in [7, 11) is 0. The van der Waals surface area contributed by atoms with E-state index < -0.39 is 36.3 Å². The Labute approximate surface area is 247 Å². The van der Waals surface area contributed by atoms with Crippen molar-refractivity contribution in [2.24, 2.45) is 0 Å². The normalized spacial score (nSPS) is 12.5. The number of aliphatic carboxylic acids is 1. The zero-order valence-corrected chi connectivity index (χ0v) is 21.0. The van der Waals surface area contributed by atoms with Gasteiger partial charge < -0.3 is 20.6 Å². The average molecular weight is 545 g/mol. The van der Waals surface area contributed by atoms with Gasteiger partial charge in [-0.3, -0.25) is 9.59 Å². The van der Waals surface area contributed by atoms with Gasteiger partial charge in [-0.25, -0.2) is 9.07 Å². The number of nitrogens with zero attached hydrogens (tertiary/aromatic N) is 3. The molecule has 0 aliphatic rings. The van der Waals surface area contributed by atoms with Crippen molar-refractivity contribution in [3.63, 3.8) is 0 Å². The van der Waals surface area contributed by atoms with Gasteiger partial charge >= 0.3 is 35.5 Å². The molecular formula is C28H30FN4NaO5. The molecule has 1 aromatic heterocycles. The number of carbonyl (C=O) groups is 2. The first-order chi connectivity index (χ1) is 18.1. The van der Waals surface area contributed by atoms with Crippen LogP contribution in [0.25, 0.3) is 11.8 Å². The van der Waals surface area contributed by atoms with Gasteiger partial charge in [-0.2, -0.15) is 10.4 Å². The molecule has 0 bridgehead atoms. The third-order valence-electron chi connectivity index (χ3n) is 5.73. The molecule has 11 heteroatoms. The molecule has 200 valence electrons. The predicted octanol–water partition coefficient (Wildman–Crippen LogP) is 2.89. The van der Waals surface area contributed by atoms with Crippen LogP contribution in [0.15, 0.2) is 54.6 Å². The quantitative estimate of drug-likeness (QED) is 0.271. The summed E-state index contributed by atoms with van der Waals surface area (Å²) in [6, 6.07) is 14.5. The molecule has 39 heavy (non-hydrogen) atoms. The van der Waals surface area contributed by atoms with Crippen molar-refractivity contribution in [2.45, 2.75) is 51.4 Å². The number of carbonyl (C=O) groups excluding carboxylic acids is 1. The molecule has 0 unspecified atom stereocenters. The third kappa shape index (κ3) is 8.85. The summed E-state index contributed by atoms with van der Waals surface area (Å²) in [6.45, 7) is 3.92. The van der Waals surface area contributed by atoms with E-state index >= 15 is 0 Å². The first kappa shape index (κ1) is 31.9. The van der Waals surface area contributed by atoms with E-state index in [1.54, 1.807) is 30.3 Å². The number of nitrogens with one attached hydrogen (secondary N) is 1. The average Bonchev–Trinajstić information content (AvgIpc) is 3.26. The Balaban J connectivity index is 0.00000533. The summed E-state index contributed by atoms with van der Waals surface area (Å²) in [5.74, 6) is -2.26. The van der Waals surface area contributed by atoms with Crippen LogP contribution in [-0.2, 0) is 11.3 Å². The number of benzene rings is 2. The zero-order chi connectivity index (χ0) is 27.8. The summed E-state index contributed by atoms with van der Waals surface area (Å²) in [6.07, 6.45) is -0.151. The molecule has 1 heterocycles. The minimum atomic E-state index is -1.24. The Hall–Kier alpha value is -3.33. The van der Waals surface area contributed by atoms with Crippen molar-refractivity contribution < 1.29 is 29.3 Å². The molecule has 3 rings (SSSR count). The summed E-state index contributed by atoms with van der Waals surface area (Å²) in [4.78, 5) is 24.1. The van der Waals surface area contributed by atoms with Gasteiger partial charge in [-0.1, -0.05) is 32.1 Å². The van der Waals surface area contributed by atoms with Crippen LogP contribution in [0.4, 0.5) is 4.39 Å². The fourth-order valence-electron chi connectivity index (χ4n) is 3.98. The van der Waals surface area contributed by atoms with Crippen molar-refractivity contribution in [3.05, 3.63) is 88.5 Å². The van der Waals surface area contributed by atoms with Crippen molar-refractivity contribution in [3.8, 4) is 11.8 Å². The Morgan fingerprint density at radius 3 is 2.49 bits per heavy atom. The molecule has 1 amide bonds. The van der Waals surface area contributed by atoms with Crippen LogP contribution in [0, 0.1) is 17.1 Å². The second kappa shape index (κ2) is 14.7. The Bertz CT molecular complexity index is 1370. The minimum absolute atomic E-state index is 0. The molecule has 0 aliphatic carbocycles. The number of carboxylic acid groups (broad SMARTS) is 1. The molecule has 4 N–H and O–H groups in total. The standard InChI is InChI=1S/C28H29FN4O5.Na.H/c1-17(2)26-24(11-10-22(34)13-23(35)14-25(36)37)33(21-8-6-20(29)7-9-21)32-27(26)28(38)31-16-19-5-3-4-18(12-19)15-30;;/h3-12,17,22-23,34-35H,13-14,16H2,1-2H3,(H,31,38)(H,36,37);;/b11-10+;;/t22-,23+;;/m0../s1. The molecule has 2 aromatic carbocycles. The summed E-state index contributed by atoms with van der Waals surface area (Å²) in [5.41, 5.74) is 2.88. The number of aliphatic hydroxyl groups is 2. The van der Waals surface area contributed by atoms with Crippen LogP contribution in [0.3, 0.4) is 0 Å². The Kier molecular flexibility index (Phi) is 12.0. The van der Waals surface area contributed by atoms with Gasteiger partial charge in [-0.05, 0) is 54.0 Å². The van der Waals surface area contributed by atoms with Gasteiger partial charge in [-0.15, -0.1) is 0 Å². The zero-order valence-electron chi connectivity index (χ0n) is 21.0. The number of hydrogen-bond donors (Lipinski definition) is 4. The van der Waals surface area contributed by atoms with Gasteiger partial charge in [0.05, 0.1) is 41.6 Å². The number of amides is 1. The molecule has 3 aromatic rings. The second-order valence-corrected chi connectivity index (χ2v) is 9.10. The molecule has 9 nitrogen and oxygen atoms in total. The molecule has 0 fully saturated rings. The van der Waals surface area contributed by atoms with E-state index in [0.29, 0.717) is 22.5 Å². The fraction of sp³-hybridized carbons (Fsp3) is 0.286. The van der Waals surface area contributed by atoms with E-state index in [0.717, 1.165) is 5.56 Å². The van der Waals surface area contributed by atoms with E-state index in [2.05, 4.69) is 16.5 Å². The molecule has 0 aliphatic heterocycles. The molecule has 0 radical (unpaired) electrons.